The van der Waals surface area contributed by atoms with Gasteiger partial charge in [-0.05, 0) is 56.7 Å². The number of carbonyl (C=O) groups is 1. The van der Waals surface area contributed by atoms with Gasteiger partial charge in [0.05, 0.1) is 12.6 Å². The highest BCUT2D eigenvalue weighted by Gasteiger charge is 2.32. The van der Waals surface area contributed by atoms with E-state index in [1.54, 1.807) is 0 Å². The zero-order chi connectivity index (χ0) is 16.7. The van der Waals surface area contributed by atoms with Crippen LogP contribution in [0.1, 0.15) is 60.8 Å². The summed E-state index contributed by atoms with van der Waals surface area (Å²) in [5.74, 6) is 0. The maximum atomic E-state index is 12.8. The number of urea groups is 1. The smallest absolute Gasteiger partial charge is 0.318 e. The lowest BCUT2D eigenvalue weighted by atomic mass is 9.95. The van der Waals surface area contributed by atoms with Crippen molar-refractivity contribution in [3.8, 4) is 5.00 Å². The minimum absolute atomic E-state index is 0.0562. The van der Waals surface area contributed by atoms with Crippen LogP contribution in [-0.2, 0) is 19.4 Å². The lowest BCUT2D eigenvalue weighted by molar-refractivity contribution is 0.175. The molecule has 4 rings (SSSR count). The normalized spacial score (nSPS) is 19.2. The number of fused-ring (bicyclic) bond motifs is 5. The second-order valence-corrected chi connectivity index (χ2v) is 7.92. The molecule has 1 N–H and O–H groups in total. The molecule has 2 aliphatic rings. The molecule has 0 aromatic carbocycles. The first-order chi connectivity index (χ1) is 11.7. The van der Waals surface area contributed by atoms with Gasteiger partial charge in [0.1, 0.15) is 5.00 Å². The maximum Gasteiger partial charge on any atom is 0.318 e. The zero-order valence-corrected chi connectivity index (χ0v) is 15.3. The third-order valence-electron chi connectivity index (χ3n) is 5.27. The number of amides is 2. The Hall–Kier alpha value is -1.75. The molecule has 0 unspecified atom stereocenters. The molecule has 3 heterocycles. The van der Waals surface area contributed by atoms with Crippen molar-refractivity contribution >= 4 is 17.4 Å². The lowest BCUT2D eigenvalue weighted by Gasteiger charge is -2.28. The number of thiophene rings is 1. The first-order valence-electron chi connectivity index (χ1n) is 9.06. The highest BCUT2D eigenvalue weighted by Crippen LogP contribution is 2.42. The Balaban J connectivity index is 1.80. The molecule has 2 aromatic heterocycles. The number of aromatic nitrogens is 1. The molecule has 0 saturated heterocycles. The Morgan fingerprint density at radius 3 is 3.00 bits per heavy atom. The monoisotopic (exact) mass is 343 g/mol. The summed E-state index contributed by atoms with van der Waals surface area (Å²) in [6.07, 6.45) is 8.04. The summed E-state index contributed by atoms with van der Waals surface area (Å²) in [5, 5.41) is 4.40. The van der Waals surface area contributed by atoms with Crippen LogP contribution >= 0.6 is 11.3 Å². The first-order valence-corrected chi connectivity index (χ1v) is 9.88. The summed E-state index contributed by atoms with van der Waals surface area (Å²) in [6, 6.07) is 4.39. The standard InChI is InChI=1S/C19H25N3OS/c1-3-10-20-19(23)22-12-15-14-7-4-5-9-17(14)24-18(15)21-11-6-8-16(21)13(22)2/h6,8,11,13H,3-5,7,9-10,12H2,1-2H3,(H,20,23)/t13-/m1/s1. The minimum atomic E-state index is 0.0562. The van der Waals surface area contributed by atoms with Gasteiger partial charge >= 0.3 is 6.03 Å². The molecule has 5 heteroatoms. The summed E-state index contributed by atoms with van der Waals surface area (Å²) in [4.78, 5) is 16.3. The Bertz CT molecular complexity index is 761. The van der Waals surface area contributed by atoms with Gasteiger partial charge < -0.3 is 14.8 Å². The van der Waals surface area contributed by atoms with Crippen molar-refractivity contribution in [2.45, 2.75) is 58.5 Å². The molecule has 2 aromatic rings. The van der Waals surface area contributed by atoms with Crippen LogP contribution in [0.5, 0.6) is 0 Å². The summed E-state index contributed by atoms with van der Waals surface area (Å²) in [5.41, 5.74) is 4.10. The molecule has 1 aliphatic heterocycles. The number of hydrogen-bond acceptors (Lipinski definition) is 2. The lowest BCUT2D eigenvalue weighted by Crippen LogP contribution is -2.41. The van der Waals surface area contributed by atoms with E-state index in [1.807, 2.05) is 16.2 Å². The van der Waals surface area contributed by atoms with Gasteiger partial charge in [-0.2, -0.15) is 0 Å². The predicted molar refractivity (Wildman–Crippen MR) is 97.9 cm³/mol. The van der Waals surface area contributed by atoms with Gasteiger partial charge in [0.2, 0.25) is 0 Å². The van der Waals surface area contributed by atoms with Gasteiger partial charge in [0.25, 0.3) is 0 Å². The fraction of sp³-hybridized carbons (Fsp3) is 0.526. The van der Waals surface area contributed by atoms with E-state index >= 15 is 0 Å². The molecule has 1 aliphatic carbocycles. The summed E-state index contributed by atoms with van der Waals surface area (Å²) >= 11 is 1.94. The fourth-order valence-corrected chi connectivity index (χ4v) is 5.35. The Morgan fingerprint density at radius 2 is 2.17 bits per heavy atom. The summed E-state index contributed by atoms with van der Waals surface area (Å²) in [6.45, 7) is 5.68. The number of rotatable bonds is 2. The average molecular weight is 343 g/mol. The SMILES string of the molecule is CCCNC(=O)N1Cc2c(sc3c2CCCC3)-n2cccc2[C@H]1C. The van der Waals surface area contributed by atoms with E-state index in [1.165, 1.54) is 46.0 Å². The van der Waals surface area contributed by atoms with Gasteiger partial charge in [-0.15, -0.1) is 11.3 Å². The van der Waals surface area contributed by atoms with E-state index in [4.69, 9.17) is 0 Å². The molecule has 24 heavy (non-hydrogen) atoms. The highest BCUT2D eigenvalue weighted by atomic mass is 32.1. The zero-order valence-electron chi connectivity index (χ0n) is 14.5. The van der Waals surface area contributed by atoms with E-state index in [0.717, 1.165) is 25.9 Å². The molecular weight excluding hydrogens is 318 g/mol. The van der Waals surface area contributed by atoms with Gasteiger partial charge in [-0.25, -0.2) is 4.79 Å². The molecule has 128 valence electrons. The molecule has 0 radical (unpaired) electrons. The predicted octanol–water partition coefficient (Wildman–Crippen LogP) is 4.41. The van der Waals surface area contributed by atoms with Crippen LogP contribution in [0.25, 0.3) is 5.00 Å². The van der Waals surface area contributed by atoms with E-state index in [2.05, 4.69) is 42.1 Å². The van der Waals surface area contributed by atoms with Crippen LogP contribution < -0.4 is 5.32 Å². The van der Waals surface area contributed by atoms with Crippen molar-refractivity contribution in [3.05, 3.63) is 40.0 Å². The Kier molecular flexibility index (Phi) is 4.12. The maximum absolute atomic E-state index is 12.8. The highest BCUT2D eigenvalue weighted by molar-refractivity contribution is 7.15. The topological polar surface area (TPSA) is 37.3 Å². The second kappa shape index (κ2) is 6.28. The third kappa shape index (κ3) is 2.46. The minimum Gasteiger partial charge on any atom is -0.338 e. The molecule has 0 fully saturated rings. The van der Waals surface area contributed by atoms with E-state index in [9.17, 15) is 4.79 Å². The molecule has 2 amide bonds. The largest absolute Gasteiger partial charge is 0.338 e. The van der Waals surface area contributed by atoms with Crippen LogP contribution in [0.3, 0.4) is 0 Å². The van der Waals surface area contributed by atoms with Crippen molar-refractivity contribution < 1.29 is 4.79 Å². The Labute approximate surface area is 147 Å². The fourth-order valence-electron chi connectivity index (χ4n) is 3.94. The molecule has 0 bridgehead atoms. The van der Waals surface area contributed by atoms with E-state index < -0.39 is 0 Å². The van der Waals surface area contributed by atoms with Crippen molar-refractivity contribution in [1.29, 1.82) is 0 Å². The van der Waals surface area contributed by atoms with Gasteiger partial charge in [0.15, 0.2) is 0 Å². The number of aryl methyl sites for hydroxylation is 1. The third-order valence-corrected chi connectivity index (χ3v) is 6.60. The molecule has 1 atom stereocenters. The first kappa shape index (κ1) is 15.8. The molecular formula is C19H25N3OS. The average Bonchev–Trinajstić information content (AvgIpc) is 3.19. The summed E-state index contributed by atoms with van der Waals surface area (Å²) in [7, 11) is 0. The Morgan fingerprint density at radius 1 is 1.33 bits per heavy atom. The van der Waals surface area contributed by atoms with Crippen LogP contribution in [-0.4, -0.2) is 22.0 Å². The number of nitrogens with one attached hydrogen (secondary N) is 1. The summed E-state index contributed by atoms with van der Waals surface area (Å²) < 4.78 is 2.32. The van der Waals surface area contributed by atoms with E-state index in [-0.39, 0.29) is 12.1 Å². The van der Waals surface area contributed by atoms with Crippen LogP contribution in [0, 0.1) is 0 Å². The van der Waals surface area contributed by atoms with Gasteiger partial charge in [0, 0.05) is 28.9 Å². The van der Waals surface area contributed by atoms with Gasteiger partial charge in [-0.1, -0.05) is 6.92 Å². The van der Waals surface area contributed by atoms with Gasteiger partial charge in [-0.3, -0.25) is 0 Å². The molecule has 4 nitrogen and oxygen atoms in total. The quantitative estimate of drug-likeness (QED) is 0.861. The van der Waals surface area contributed by atoms with Crippen LogP contribution in [0.4, 0.5) is 4.79 Å². The molecule has 0 saturated carbocycles. The van der Waals surface area contributed by atoms with Crippen molar-refractivity contribution in [2.75, 3.05) is 6.54 Å². The number of hydrogen-bond donors (Lipinski definition) is 1. The van der Waals surface area contributed by atoms with Crippen molar-refractivity contribution in [2.24, 2.45) is 0 Å². The van der Waals surface area contributed by atoms with Crippen LogP contribution in [0.2, 0.25) is 0 Å². The number of carbonyl (C=O) groups excluding carboxylic acids is 1. The second-order valence-electron chi connectivity index (χ2n) is 6.83. The van der Waals surface area contributed by atoms with E-state index in [0.29, 0.717) is 0 Å². The van der Waals surface area contributed by atoms with Crippen molar-refractivity contribution in [1.82, 2.24) is 14.8 Å². The number of nitrogens with zero attached hydrogens (tertiary/aromatic N) is 2. The molecule has 0 spiro atoms. The van der Waals surface area contributed by atoms with Crippen molar-refractivity contribution in [3.63, 3.8) is 0 Å². The van der Waals surface area contributed by atoms with Crippen LogP contribution in [0.15, 0.2) is 18.3 Å².